The molecule has 1 amide bonds. The van der Waals surface area contributed by atoms with Gasteiger partial charge >= 0.3 is 12.1 Å². The van der Waals surface area contributed by atoms with Gasteiger partial charge in [-0.3, -0.25) is 0 Å². The first-order valence-electron chi connectivity index (χ1n) is 12.7. The Kier molecular flexibility index (Phi) is 20.1. The van der Waals surface area contributed by atoms with Crippen LogP contribution in [0.5, 0.6) is 0 Å². The molecule has 0 bridgehead atoms. The number of carbonyl (C=O) groups excluding carboxylic acids is 2. The topological polar surface area (TPSA) is 64.6 Å². The van der Waals surface area contributed by atoms with Gasteiger partial charge < -0.3 is 14.8 Å². The van der Waals surface area contributed by atoms with Gasteiger partial charge in [0.1, 0.15) is 6.04 Å². The van der Waals surface area contributed by atoms with E-state index >= 15 is 0 Å². The molecule has 0 fully saturated rings. The molecule has 5 heteroatoms. The van der Waals surface area contributed by atoms with E-state index in [-0.39, 0.29) is 11.9 Å². The van der Waals surface area contributed by atoms with E-state index in [1.54, 1.807) is 0 Å². The van der Waals surface area contributed by atoms with Crippen LogP contribution in [0.2, 0.25) is 0 Å². The second-order valence-electron chi connectivity index (χ2n) is 8.55. The van der Waals surface area contributed by atoms with E-state index in [1.807, 2.05) is 20.8 Å². The van der Waals surface area contributed by atoms with E-state index in [9.17, 15) is 9.59 Å². The highest BCUT2D eigenvalue weighted by Crippen LogP contribution is 2.13. The van der Waals surface area contributed by atoms with E-state index in [1.165, 1.54) is 64.2 Å². The van der Waals surface area contributed by atoms with Crippen LogP contribution in [0.3, 0.4) is 0 Å². The molecular weight excluding hydrogens is 378 g/mol. The molecule has 0 aliphatic carbocycles. The summed E-state index contributed by atoms with van der Waals surface area (Å²) in [5.41, 5.74) is 0. The van der Waals surface area contributed by atoms with Gasteiger partial charge in [-0.05, 0) is 18.8 Å². The molecule has 5 nitrogen and oxygen atoms in total. The van der Waals surface area contributed by atoms with Crippen LogP contribution >= 0.6 is 0 Å². The van der Waals surface area contributed by atoms with Crippen molar-refractivity contribution < 1.29 is 19.1 Å². The summed E-state index contributed by atoms with van der Waals surface area (Å²) in [6.07, 6.45) is 17.4. The largest absolute Gasteiger partial charge is 0.464 e. The highest BCUT2D eigenvalue weighted by atomic mass is 16.6. The fraction of sp³-hybridized carbons (Fsp3) is 0.920. The first-order valence-corrected chi connectivity index (χ1v) is 12.7. The molecule has 0 spiro atoms. The van der Waals surface area contributed by atoms with E-state index in [4.69, 9.17) is 9.47 Å². The third-order valence-electron chi connectivity index (χ3n) is 5.71. The van der Waals surface area contributed by atoms with Crippen LogP contribution in [0.15, 0.2) is 0 Å². The van der Waals surface area contributed by atoms with Crippen LogP contribution in [0.4, 0.5) is 4.79 Å². The lowest BCUT2D eigenvalue weighted by molar-refractivity contribution is -0.147. The first-order chi connectivity index (χ1) is 14.6. The van der Waals surface area contributed by atoms with E-state index in [0.717, 1.165) is 32.1 Å². The number of unbranched alkanes of at least 4 members (excludes halogenated alkanes) is 12. The second kappa shape index (κ2) is 21.0. The maximum absolute atomic E-state index is 12.4. The normalized spacial score (nSPS) is 12.9. The van der Waals surface area contributed by atoms with Crippen molar-refractivity contribution in [3.8, 4) is 0 Å². The molecule has 0 saturated carbocycles. The van der Waals surface area contributed by atoms with Crippen LogP contribution in [0, 0.1) is 5.92 Å². The number of ether oxygens (including phenoxy) is 2. The lowest BCUT2D eigenvalue weighted by atomic mass is 9.99. The summed E-state index contributed by atoms with van der Waals surface area (Å²) in [6.45, 7) is 9.05. The number of rotatable bonds is 20. The maximum Gasteiger partial charge on any atom is 0.407 e. The number of alkyl carbamates (subject to hydrolysis) is 1. The lowest BCUT2D eigenvalue weighted by Gasteiger charge is -2.22. The Morgan fingerprint density at radius 3 is 1.63 bits per heavy atom. The van der Waals surface area contributed by atoms with Crippen LogP contribution in [0.25, 0.3) is 0 Å². The van der Waals surface area contributed by atoms with Crippen molar-refractivity contribution >= 4 is 12.1 Å². The van der Waals surface area contributed by atoms with Crippen molar-refractivity contribution in [1.82, 2.24) is 5.32 Å². The van der Waals surface area contributed by atoms with Crippen molar-refractivity contribution in [1.29, 1.82) is 0 Å². The predicted molar refractivity (Wildman–Crippen MR) is 125 cm³/mol. The van der Waals surface area contributed by atoms with E-state index in [0.29, 0.717) is 13.2 Å². The molecule has 178 valence electrons. The molecule has 0 heterocycles. The summed E-state index contributed by atoms with van der Waals surface area (Å²) in [5.74, 6) is -0.335. The number of hydrogen-bond acceptors (Lipinski definition) is 4. The fourth-order valence-electron chi connectivity index (χ4n) is 3.35. The fourth-order valence-corrected chi connectivity index (χ4v) is 3.35. The third-order valence-corrected chi connectivity index (χ3v) is 5.71. The van der Waals surface area contributed by atoms with Gasteiger partial charge in [0.2, 0.25) is 0 Å². The predicted octanol–water partition coefficient (Wildman–Crippen LogP) is 7.17. The standard InChI is InChI=1S/C25H49NO4/c1-5-8-10-11-12-13-14-15-16-17-18-19-21-29-24(27)23(22(4)7-3)26-25(28)30-20-9-6-2/h22-23H,5-21H2,1-4H3,(H,26,28). The smallest absolute Gasteiger partial charge is 0.407 e. The van der Waals surface area contributed by atoms with Gasteiger partial charge in [0, 0.05) is 0 Å². The van der Waals surface area contributed by atoms with E-state index in [2.05, 4.69) is 12.2 Å². The number of hydrogen-bond donors (Lipinski definition) is 1. The zero-order chi connectivity index (χ0) is 22.5. The van der Waals surface area contributed by atoms with Crippen LogP contribution in [0.1, 0.15) is 124 Å². The monoisotopic (exact) mass is 427 g/mol. The Hall–Kier alpha value is -1.26. The quantitative estimate of drug-likeness (QED) is 0.165. The Morgan fingerprint density at radius 1 is 0.667 bits per heavy atom. The number of amides is 1. The SMILES string of the molecule is CCCCCCCCCCCCCCOC(=O)C(NC(=O)OCCCC)C(C)CC. The van der Waals surface area contributed by atoms with Gasteiger partial charge in [-0.1, -0.05) is 111 Å². The van der Waals surface area contributed by atoms with Gasteiger partial charge in [-0.2, -0.15) is 0 Å². The summed E-state index contributed by atoms with van der Waals surface area (Å²) >= 11 is 0. The van der Waals surface area contributed by atoms with Crippen LogP contribution < -0.4 is 5.32 Å². The van der Waals surface area contributed by atoms with Crippen molar-refractivity contribution in [2.45, 2.75) is 130 Å². The number of esters is 1. The molecule has 0 saturated heterocycles. The van der Waals surface area contributed by atoms with Crippen molar-refractivity contribution in [2.75, 3.05) is 13.2 Å². The molecule has 0 rings (SSSR count). The average molecular weight is 428 g/mol. The zero-order valence-corrected chi connectivity index (χ0v) is 20.3. The molecule has 0 aliphatic rings. The molecule has 1 N–H and O–H groups in total. The van der Waals surface area contributed by atoms with Crippen molar-refractivity contribution in [3.05, 3.63) is 0 Å². The second-order valence-corrected chi connectivity index (χ2v) is 8.55. The summed E-state index contributed by atoms with van der Waals surface area (Å²) in [5, 5.41) is 2.69. The highest BCUT2D eigenvalue weighted by Gasteiger charge is 2.27. The average Bonchev–Trinajstić information content (AvgIpc) is 2.74. The Morgan fingerprint density at radius 2 is 1.13 bits per heavy atom. The van der Waals surface area contributed by atoms with Gasteiger partial charge in [-0.25, -0.2) is 9.59 Å². The summed E-state index contributed by atoms with van der Waals surface area (Å²) in [7, 11) is 0. The molecule has 30 heavy (non-hydrogen) atoms. The minimum atomic E-state index is -0.638. The zero-order valence-electron chi connectivity index (χ0n) is 20.3. The molecule has 2 atom stereocenters. The molecule has 0 radical (unpaired) electrons. The summed E-state index contributed by atoms with van der Waals surface area (Å²) in [4.78, 5) is 24.3. The number of carbonyl (C=O) groups is 2. The molecule has 0 aromatic carbocycles. The molecular formula is C25H49NO4. The van der Waals surface area contributed by atoms with Gasteiger partial charge in [0.05, 0.1) is 13.2 Å². The maximum atomic E-state index is 12.4. The van der Waals surface area contributed by atoms with Crippen LogP contribution in [-0.2, 0) is 14.3 Å². The van der Waals surface area contributed by atoms with Crippen molar-refractivity contribution in [3.63, 3.8) is 0 Å². The van der Waals surface area contributed by atoms with Gasteiger partial charge in [0.25, 0.3) is 0 Å². The third kappa shape index (κ3) is 16.5. The Labute approximate surface area is 186 Å². The summed E-state index contributed by atoms with van der Waals surface area (Å²) < 4.78 is 10.6. The Bertz CT molecular complexity index is 414. The summed E-state index contributed by atoms with van der Waals surface area (Å²) in [6, 6.07) is -0.638. The Balaban J connectivity index is 3.82. The van der Waals surface area contributed by atoms with Crippen LogP contribution in [-0.4, -0.2) is 31.3 Å². The minimum absolute atomic E-state index is 0.0122. The lowest BCUT2D eigenvalue weighted by Crippen LogP contribution is -2.46. The highest BCUT2D eigenvalue weighted by molar-refractivity contribution is 5.81. The first kappa shape index (κ1) is 28.7. The van der Waals surface area contributed by atoms with Crippen molar-refractivity contribution in [2.24, 2.45) is 5.92 Å². The minimum Gasteiger partial charge on any atom is -0.464 e. The number of nitrogens with one attached hydrogen (secondary N) is 1. The molecule has 0 aromatic heterocycles. The molecule has 0 aliphatic heterocycles. The van der Waals surface area contributed by atoms with Gasteiger partial charge in [0.15, 0.2) is 0 Å². The molecule has 0 aromatic rings. The van der Waals surface area contributed by atoms with E-state index < -0.39 is 12.1 Å². The van der Waals surface area contributed by atoms with Gasteiger partial charge in [-0.15, -0.1) is 0 Å². The molecule has 2 unspecified atom stereocenters.